The molecule has 6 nitrogen and oxygen atoms in total. The van der Waals surface area contributed by atoms with Crippen LogP contribution in [0.3, 0.4) is 0 Å². The smallest absolute Gasteiger partial charge is 0.244 e. The maximum atomic E-state index is 12.7. The van der Waals surface area contributed by atoms with Crippen molar-refractivity contribution >= 4 is 11.6 Å². The third-order valence-electron chi connectivity index (χ3n) is 4.35. The van der Waals surface area contributed by atoms with E-state index >= 15 is 0 Å². The SMILES string of the molecule is COc1cc(OC)cc(N2CCC(NC3CCNC3)C2=O)c1. The summed E-state index contributed by atoms with van der Waals surface area (Å²) in [7, 11) is 3.23. The van der Waals surface area contributed by atoms with E-state index in [4.69, 9.17) is 9.47 Å². The third kappa shape index (κ3) is 3.03. The average molecular weight is 305 g/mol. The Hall–Kier alpha value is -1.79. The molecule has 6 heteroatoms. The molecule has 22 heavy (non-hydrogen) atoms. The summed E-state index contributed by atoms with van der Waals surface area (Å²) in [6.07, 6.45) is 1.91. The van der Waals surface area contributed by atoms with Gasteiger partial charge in [-0.1, -0.05) is 0 Å². The van der Waals surface area contributed by atoms with Gasteiger partial charge in [0.15, 0.2) is 0 Å². The summed E-state index contributed by atoms with van der Waals surface area (Å²) in [4.78, 5) is 14.5. The lowest BCUT2D eigenvalue weighted by Crippen LogP contribution is -2.44. The largest absolute Gasteiger partial charge is 0.497 e. The van der Waals surface area contributed by atoms with Gasteiger partial charge >= 0.3 is 0 Å². The van der Waals surface area contributed by atoms with Crippen molar-refractivity contribution in [1.82, 2.24) is 10.6 Å². The van der Waals surface area contributed by atoms with Crippen molar-refractivity contribution in [1.29, 1.82) is 0 Å². The first kappa shape index (κ1) is 15.1. The van der Waals surface area contributed by atoms with Gasteiger partial charge in [0.1, 0.15) is 11.5 Å². The van der Waals surface area contributed by atoms with Gasteiger partial charge in [-0.15, -0.1) is 0 Å². The number of hydrogen-bond acceptors (Lipinski definition) is 5. The number of carbonyl (C=O) groups is 1. The van der Waals surface area contributed by atoms with E-state index in [9.17, 15) is 4.79 Å². The average Bonchev–Trinajstić information content (AvgIpc) is 3.18. The number of anilines is 1. The summed E-state index contributed by atoms with van der Waals surface area (Å²) in [5.41, 5.74) is 0.829. The molecule has 0 spiro atoms. The van der Waals surface area contributed by atoms with E-state index in [2.05, 4.69) is 10.6 Å². The highest BCUT2D eigenvalue weighted by Crippen LogP contribution is 2.31. The number of nitrogens with one attached hydrogen (secondary N) is 2. The zero-order chi connectivity index (χ0) is 15.5. The highest BCUT2D eigenvalue weighted by molar-refractivity contribution is 5.99. The highest BCUT2D eigenvalue weighted by Gasteiger charge is 2.34. The summed E-state index contributed by atoms with van der Waals surface area (Å²) in [6, 6.07) is 5.86. The molecule has 0 radical (unpaired) electrons. The molecule has 2 N–H and O–H groups in total. The summed E-state index contributed by atoms with van der Waals surface area (Å²) in [5.74, 6) is 1.51. The zero-order valence-electron chi connectivity index (χ0n) is 13.1. The van der Waals surface area contributed by atoms with Crippen molar-refractivity contribution in [3.63, 3.8) is 0 Å². The minimum Gasteiger partial charge on any atom is -0.497 e. The van der Waals surface area contributed by atoms with E-state index in [1.54, 1.807) is 14.2 Å². The lowest BCUT2D eigenvalue weighted by atomic mass is 10.2. The molecule has 0 aliphatic carbocycles. The van der Waals surface area contributed by atoms with Crippen LogP contribution in [-0.2, 0) is 4.79 Å². The molecule has 2 aliphatic heterocycles. The molecule has 2 saturated heterocycles. The Morgan fingerprint density at radius 1 is 1.18 bits per heavy atom. The van der Waals surface area contributed by atoms with Crippen molar-refractivity contribution in [2.45, 2.75) is 24.9 Å². The van der Waals surface area contributed by atoms with Gasteiger partial charge in [0.05, 0.1) is 25.9 Å². The summed E-state index contributed by atoms with van der Waals surface area (Å²) in [6.45, 7) is 2.68. The Morgan fingerprint density at radius 3 is 2.50 bits per heavy atom. The molecule has 2 unspecified atom stereocenters. The van der Waals surface area contributed by atoms with Crippen LogP contribution in [0.5, 0.6) is 11.5 Å². The molecule has 2 heterocycles. The second-order valence-electron chi connectivity index (χ2n) is 5.76. The predicted octanol–water partition coefficient (Wildman–Crippen LogP) is 0.761. The molecule has 2 fully saturated rings. The molecule has 0 aromatic heterocycles. The van der Waals surface area contributed by atoms with Gasteiger partial charge in [-0.2, -0.15) is 0 Å². The van der Waals surface area contributed by atoms with Gasteiger partial charge in [0.2, 0.25) is 5.91 Å². The fourth-order valence-electron chi connectivity index (χ4n) is 3.12. The lowest BCUT2D eigenvalue weighted by molar-refractivity contribution is -0.119. The molecule has 0 saturated carbocycles. The molecule has 1 aromatic rings. The van der Waals surface area contributed by atoms with E-state index in [-0.39, 0.29) is 11.9 Å². The lowest BCUT2D eigenvalue weighted by Gasteiger charge is -2.20. The summed E-state index contributed by atoms with van der Waals surface area (Å²) >= 11 is 0. The minimum absolute atomic E-state index is 0.0953. The van der Waals surface area contributed by atoms with Gasteiger partial charge in [-0.25, -0.2) is 0 Å². The van der Waals surface area contributed by atoms with Crippen LogP contribution in [0, 0.1) is 0 Å². The number of hydrogen-bond donors (Lipinski definition) is 2. The number of ether oxygens (including phenoxy) is 2. The van der Waals surface area contributed by atoms with E-state index in [0.717, 1.165) is 31.6 Å². The molecule has 1 aromatic carbocycles. The molecular formula is C16H23N3O3. The van der Waals surface area contributed by atoms with E-state index in [1.807, 2.05) is 23.1 Å². The van der Waals surface area contributed by atoms with Gasteiger partial charge in [-0.05, 0) is 19.4 Å². The molecule has 0 bridgehead atoms. The maximum absolute atomic E-state index is 12.7. The van der Waals surface area contributed by atoms with Crippen LogP contribution in [0.2, 0.25) is 0 Å². The monoisotopic (exact) mass is 305 g/mol. The van der Waals surface area contributed by atoms with Crippen molar-refractivity contribution in [2.24, 2.45) is 0 Å². The van der Waals surface area contributed by atoms with Crippen molar-refractivity contribution in [2.75, 3.05) is 38.8 Å². The Kier molecular flexibility index (Phi) is 4.49. The van der Waals surface area contributed by atoms with Crippen molar-refractivity contribution in [3.05, 3.63) is 18.2 Å². The number of carbonyl (C=O) groups excluding carboxylic acids is 1. The van der Waals surface area contributed by atoms with Crippen molar-refractivity contribution < 1.29 is 14.3 Å². The van der Waals surface area contributed by atoms with E-state index in [0.29, 0.717) is 24.1 Å². The quantitative estimate of drug-likeness (QED) is 0.841. The fraction of sp³-hybridized carbons (Fsp3) is 0.562. The first-order valence-electron chi connectivity index (χ1n) is 7.72. The summed E-state index contributed by atoms with van der Waals surface area (Å²) in [5, 5.41) is 6.78. The summed E-state index contributed by atoms with van der Waals surface area (Å²) < 4.78 is 10.6. The second-order valence-corrected chi connectivity index (χ2v) is 5.76. The van der Waals surface area contributed by atoms with Crippen LogP contribution in [0.25, 0.3) is 0 Å². The minimum atomic E-state index is -0.0953. The Morgan fingerprint density at radius 2 is 1.91 bits per heavy atom. The molecule has 2 atom stereocenters. The topological polar surface area (TPSA) is 62.8 Å². The number of nitrogens with zero attached hydrogens (tertiary/aromatic N) is 1. The fourth-order valence-corrected chi connectivity index (χ4v) is 3.12. The van der Waals surface area contributed by atoms with Crippen LogP contribution in [0.4, 0.5) is 5.69 Å². The van der Waals surface area contributed by atoms with Crippen LogP contribution >= 0.6 is 0 Å². The van der Waals surface area contributed by atoms with E-state index in [1.165, 1.54) is 0 Å². The van der Waals surface area contributed by atoms with Crippen molar-refractivity contribution in [3.8, 4) is 11.5 Å². The Bertz CT molecular complexity index is 521. The normalized spacial score (nSPS) is 24.8. The number of amides is 1. The molecular weight excluding hydrogens is 282 g/mol. The van der Waals surface area contributed by atoms with Gasteiger partial charge in [0, 0.05) is 37.3 Å². The van der Waals surface area contributed by atoms with Gasteiger partial charge < -0.3 is 25.0 Å². The predicted molar refractivity (Wildman–Crippen MR) is 84.7 cm³/mol. The number of methoxy groups -OCH3 is 2. The first-order chi connectivity index (χ1) is 10.7. The zero-order valence-corrected chi connectivity index (χ0v) is 13.1. The standard InChI is InChI=1S/C16H23N3O3/c1-21-13-7-12(8-14(9-13)22-2)19-6-4-15(16(19)20)18-11-3-5-17-10-11/h7-9,11,15,17-18H,3-6,10H2,1-2H3. The Labute approximate surface area is 130 Å². The van der Waals surface area contributed by atoms with Gasteiger partial charge in [-0.3, -0.25) is 4.79 Å². The molecule has 1 amide bonds. The third-order valence-corrected chi connectivity index (χ3v) is 4.35. The number of benzene rings is 1. The molecule has 120 valence electrons. The van der Waals surface area contributed by atoms with Crippen LogP contribution < -0.4 is 25.0 Å². The maximum Gasteiger partial charge on any atom is 0.244 e. The van der Waals surface area contributed by atoms with E-state index < -0.39 is 0 Å². The molecule has 3 rings (SSSR count). The van der Waals surface area contributed by atoms with Gasteiger partial charge in [0.25, 0.3) is 0 Å². The van der Waals surface area contributed by atoms with Crippen LogP contribution in [-0.4, -0.2) is 51.8 Å². The second kappa shape index (κ2) is 6.54. The van der Waals surface area contributed by atoms with Crippen LogP contribution in [0.1, 0.15) is 12.8 Å². The Balaban J connectivity index is 1.73. The molecule has 2 aliphatic rings. The first-order valence-corrected chi connectivity index (χ1v) is 7.72. The highest BCUT2D eigenvalue weighted by atomic mass is 16.5. The number of rotatable bonds is 5. The van der Waals surface area contributed by atoms with Crippen LogP contribution in [0.15, 0.2) is 18.2 Å².